The van der Waals surface area contributed by atoms with Crippen LogP contribution in [0.1, 0.15) is 26.2 Å². The van der Waals surface area contributed by atoms with Gasteiger partial charge >= 0.3 is 165 Å². The quantitative estimate of drug-likeness (QED) is 0.578. The molecule has 1 saturated carbocycles. The van der Waals surface area contributed by atoms with Crippen molar-refractivity contribution in [2.75, 3.05) is 0 Å². The Balaban J connectivity index is 2.02. The van der Waals surface area contributed by atoms with E-state index in [1.54, 1.807) is 0 Å². The van der Waals surface area contributed by atoms with E-state index in [1.165, 1.54) is 13.2 Å². The van der Waals surface area contributed by atoms with Gasteiger partial charge in [-0.3, -0.25) is 0 Å². The summed E-state index contributed by atoms with van der Waals surface area (Å²) >= 11 is -3.06. The molecule has 1 nitrogen and oxygen atoms in total. The number of carbonyl (C=O) groups excluding carboxylic acids is 1. The predicted molar refractivity (Wildman–Crippen MR) is 116 cm³/mol. The first-order chi connectivity index (χ1) is 13.2. The third-order valence-corrected chi connectivity index (χ3v) is 17.9. The molecule has 0 radical (unpaired) electrons. The SMILES string of the molecule is C[CH](C1CCCC1=O)[Ge]([c]1ccccc1)([c]1ccccc1)[c]1ccccc1. The van der Waals surface area contributed by atoms with Crippen LogP contribution in [0.15, 0.2) is 91.0 Å². The van der Waals surface area contributed by atoms with Gasteiger partial charge in [0.15, 0.2) is 0 Å². The van der Waals surface area contributed by atoms with Crippen LogP contribution in [0.5, 0.6) is 0 Å². The molecule has 27 heavy (non-hydrogen) atoms. The van der Waals surface area contributed by atoms with Crippen LogP contribution < -0.4 is 13.2 Å². The van der Waals surface area contributed by atoms with Gasteiger partial charge in [0.05, 0.1) is 0 Å². The molecule has 2 atom stereocenters. The van der Waals surface area contributed by atoms with E-state index in [4.69, 9.17) is 0 Å². The Kier molecular flexibility index (Phi) is 5.31. The third-order valence-electron chi connectivity index (χ3n) is 6.33. The summed E-state index contributed by atoms with van der Waals surface area (Å²) in [6, 6.07) is 33.0. The van der Waals surface area contributed by atoms with Crippen molar-refractivity contribution in [1.29, 1.82) is 0 Å². The molecule has 0 aromatic heterocycles. The van der Waals surface area contributed by atoms with Crippen LogP contribution in [-0.4, -0.2) is 19.0 Å². The van der Waals surface area contributed by atoms with Crippen LogP contribution in [0.2, 0.25) is 4.75 Å². The maximum absolute atomic E-state index is 12.8. The van der Waals surface area contributed by atoms with Gasteiger partial charge in [0.25, 0.3) is 0 Å². The Hall–Kier alpha value is -2.13. The molecule has 1 fully saturated rings. The van der Waals surface area contributed by atoms with Crippen LogP contribution in [-0.2, 0) is 4.79 Å². The average Bonchev–Trinajstić information content (AvgIpc) is 3.17. The molecule has 0 spiro atoms. The topological polar surface area (TPSA) is 17.1 Å². The number of benzene rings is 3. The molecule has 0 N–H and O–H groups in total. The van der Waals surface area contributed by atoms with Gasteiger partial charge in [0.2, 0.25) is 0 Å². The van der Waals surface area contributed by atoms with E-state index in [9.17, 15) is 4.79 Å². The second-order valence-corrected chi connectivity index (χ2v) is 16.6. The van der Waals surface area contributed by atoms with Crippen molar-refractivity contribution in [3.05, 3.63) is 91.0 Å². The fourth-order valence-electron chi connectivity index (χ4n) is 5.07. The number of Topliss-reactive ketones (excluding diaryl/α,β-unsaturated/α-hetero) is 1. The Morgan fingerprint density at radius 2 is 1.15 bits per heavy atom. The van der Waals surface area contributed by atoms with Crippen LogP contribution in [0.4, 0.5) is 0 Å². The monoisotopic (exact) mass is 416 g/mol. The maximum atomic E-state index is 12.8. The summed E-state index contributed by atoms with van der Waals surface area (Å²) in [5.41, 5.74) is 0. The molecule has 1 aliphatic rings. The van der Waals surface area contributed by atoms with Crippen LogP contribution in [0.3, 0.4) is 0 Å². The minimum absolute atomic E-state index is 0.186. The summed E-state index contributed by atoms with van der Waals surface area (Å²) in [6.07, 6.45) is 2.84. The molecule has 2 heteroatoms. The number of ketones is 1. The number of rotatable bonds is 5. The van der Waals surface area contributed by atoms with Crippen LogP contribution in [0, 0.1) is 5.92 Å². The summed E-state index contributed by atoms with van der Waals surface area (Å²) in [6.45, 7) is 2.36. The van der Waals surface area contributed by atoms with E-state index < -0.39 is 13.3 Å². The Bertz CT molecular complexity index is 793. The number of hydrogen-bond donors (Lipinski definition) is 0. The predicted octanol–water partition coefficient (Wildman–Crippen LogP) is 3.92. The van der Waals surface area contributed by atoms with Gasteiger partial charge < -0.3 is 0 Å². The normalized spacial score (nSPS) is 18.4. The molecule has 4 rings (SSSR count). The minimum atomic E-state index is -3.06. The molecule has 0 aliphatic heterocycles. The molecule has 136 valence electrons. The van der Waals surface area contributed by atoms with E-state index in [0.29, 0.717) is 10.5 Å². The van der Waals surface area contributed by atoms with Crippen LogP contribution in [0.25, 0.3) is 0 Å². The van der Waals surface area contributed by atoms with Gasteiger partial charge in [-0.25, -0.2) is 0 Å². The molecular weight excluding hydrogens is 389 g/mol. The van der Waals surface area contributed by atoms with E-state index in [2.05, 4.69) is 97.9 Å². The van der Waals surface area contributed by atoms with Crippen molar-refractivity contribution >= 4 is 32.2 Å². The van der Waals surface area contributed by atoms with E-state index in [-0.39, 0.29) is 5.92 Å². The third kappa shape index (κ3) is 3.19. The fourth-order valence-corrected chi connectivity index (χ4v) is 17.0. The van der Waals surface area contributed by atoms with Crippen molar-refractivity contribution in [2.45, 2.75) is 30.9 Å². The molecule has 3 aromatic rings. The van der Waals surface area contributed by atoms with E-state index in [1.807, 2.05) is 0 Å². The van der Waals surface area contributed by atoms with Gasteiger partial charge in [-0.1, -0.05) is 0 Å². The molecule has 0 saturated heterocycles. The number of hydrogen-bond acceptors (Lipinski definition) is 1. The van der Waals surface area contributed by atoms with Gasteiger partial charge in [-0.05, 0) is 0 Å². The van der Waals surface area contributed by atoms with Crippen molar-refractivity contribution in [1.82, 2.24) is 0 Å². The number of carbonyl (C=O) groups is 1. The average molecular weight is 415 g/mol. The zero-order chi connectivity index (χ0) is 18.7. The second kappa shape index (κ2) is 7.86. The first-order valence-electron chi connectivity index (χ1n) is 9.94. The standard InChI is InChI=1S/C25H26GeO/c1-20(24-18-11-19-25(24)27)26(21-12-5-2-6-13-21,22-14-7-3-8-15-22)23-16-9-4-10-17-23/h2-10,12-17,20,24H,11,18-19H2,1H3. The Morgan fingerprint density at radius 1 is 0.741 bits per heavy atom. The summed E-state index contributed by atoms with van der Waals surface area (Å²) in [5.74, 6) is 0.658. The first-order valence-corrected chi connectivity index (χ1v) is 14.3. The molecule has 0 bridgehead atoms. The molecular formula is C25H26GeO. The molecule has 3 aromatic carbocycles. The first kappa shape index (κ1) is 18.2. The Morgan fingerprint density at radius 3 is 1.48 bits per heavy atom. The summed E-state index contributed by atoms with van der Waals surface area (Å²) in [7, 11) is 0. The van der Waals surface area contributed by atoms with E-state index >= 15 is 0 Å². The summed E-state index contributed by atoms with van der Waals surface area (Å²) in [4.78, 5) is 12.8. The fraction of sp³-hybridized carbons (Fsp3) is 0.240. The Labute approximate surface area is 164 Å². The van der Waals surface area contributed by atoms with Crippen molar-refractivity contribution in [2.24, 2.45) is 5.92 Å². The second-order valence-electron chi connectivity index (χ2n) is 7.66. The molecule has 0 amide bonds. The molecule has 0 heterocycles. The van der Waals surface area contributed by atoms with Gasteiger partial charge in [0.1, 0.15) is 0 Å². The van der Waals surface area contributed by atoms with Gasteiger partial charge in [-0.2, -0.15) is 0 Å². The zero-order valence-electron chi connectivity index (χ0n) is 15.8. The van der Waals surface area contributed by atoms with Crippen molar-refractivity contribution < 1.29 is 4.79 Å². The van der Waals surface area contributed by atoms with Gasteiger partial charge in [0, 0.05) is 0 Å². The van der Waals surface area contributed by atoms with Gasteiger partial charge in [-0.15, -0.1) is 0 Å². The van der Waals surface area contributed by atoms with Crippen molar-refractivity contribution in [3.8, 4) is 0 Å². The van der Waals surface area contributed by atoms with E-state index in [0.717, 1.165) is 19.3 Å². The van der Waals surface area contributed by atoms with Crippen molar-refractivity contribution in [3.63, 3.8) is 0 Å². The zero-order valence-corrected chi connectivity index (χ0v) is 17.9. The molecule has 2 unspecified atom stereocenters. The van der Waals surface area contributed by atoms with Crippen LogP contribution >= 0.6 is 0 Å². The summed E-state index contributed by atoms with van der Waals surface area (Å²) in [5, 5.41) is 0. The summed E-state index contributed by atoms with van der Waals surface area (Å²) < 4.78 is 4.71. The molecule has 1 aliphatic carbocycles.